The number of aromatic nitrogens is 2. The van der Waals surface area contributed by atoms with Crippen LogP contribution >= 0.6 is 0 Å². The first-order chi connectivity index (χ1) is 9.45. The number of aryl methyl sites for hydroxylation is 2. The van der Waals surface area contributed by atoms with E-state index < -0.39 is 23.5 Å². The molecule has 1 atom stereocenters. The van der Waals surface area contributed by atoms with E-state index in [2.05, 4.69) is 10.4 Å². The molecule has 0 bridgehead atoms. The van der Waals surface area contributed by atoms with Gasteiger partial charge in [0.15, 0.2) is 17.5 Å². The third kappa shape index (κ3) is 2.56. The lowest BCUT2D eigenvalue weighted by atomic mass is 10.0. The molecule has 0 aliphatic heterocycles. The van der Waals surface area contributed by atoms with Gasteiger partial charge in [-0.25, -0.2) is 13.2 Å². The predicted octanol–water partition coefficient (Wildman–Crippen LogP) is 2.84. The van der Waals surface area contributed by atoms with Gasteiger partial charge in [0.25, 0.3) is 0 Å². The molecule has 2 aromatic rings. The van der Waals surface area contributed by atoms with Crippen LogP contribution in [0.25, 0.3) is 0 Å². The van der Waals surface area contributed by atoms with E-state index >= 15 is 0 Å². The Hall–Kier alpha value is -1.82. The minimum Gasteiger partial charge on any atom is -0.305 e. The van der Waals surface area contributed by atoms with Gasteiger partial charge >= 0.3 is 0 Å². The normalized spacial score (nSPS) is 12.7. The SMILES string of the molecule is CCNC(c1ccc(F)c(F)c1F)c1cc(C)nn1C. The molecule has 0 spiro atoms. The number of hydrogen-bond acceptors (Lipinski definition) is 2. The quantitative estimate of drug-likeness (QED) is 0.874. The molecule has 1 aromatic heterocycles. The van der Waals surface area contributed by atoms with Crippen LogP contribution < -0.4 is 5.32 Å². The zero-order chi connectivity index (χ0) is 14.9. The molecular formula is C14H16F3N3. The number of nitrogens with zero attached hydrogens (tertiary/aromatic N) is 2. The topological polar surface area (TPSA) is 29.9 Å². The summed E-state index contributed by atoms with van der Waals surface area (Å²) < 4.78 is 42.0. The lowest BCUT2D eigenvalue weighted by Gasteiger charge is -2.19. The standard InChI is InChI=1S/C14H16F3N3/c1-4-18-14(11-7-8(2)19-20(11)3)9-5-6-10(15)13(17)12(9)16/h5-7,14,18H,4H2,1-3H3. The molecule has 1 heterocycles. The zero-order valence-corrected chi connectivity index (χ0v) is 11.5. The maximum atomic E-state index is 14.0. The highest BCUT2D eigenvalue weighted by Gasteiger charge is 2.24. The van der Waals surface area contributed by atoms with Crippen LogP contribution in [0.2, 0.25) is 0 Å². The maximum Gasteiger partial charge on any atom is 0.194 e. The first-order valence-electron chi connectivity index (χ1n) is 6.33. The van der Waals surface area contributed by atoms with Crippen molar-refractivity contribution in [2.45, 2.75) is 19.9 Å². The van der Waals surface area contributed by atoms with Crippen molar-refractivity contribution in [3.8, 4) is 0 Å². The van der Waals surface area contributed by atoms with E-state index in [9.17, 15) is 13.2 Å². The summed E-state index contributed by atoms with van der Waals surface area (Å²) in [6, 6.07) is 3.39. The van der Waals surface area contributed by atoms with Gasteiger partial charge in [-0.05, 0) is 25.6 Å². The van der Waals surface area contributed by atoms with Crippen molar-refractivity contribution in [1.82, 2.24) is 15.1 Å². The second-order valence-corrected chi connectivity index (χ2v) is 4.59. The van der Waals surface area contributed by atoms with Gasteiger partial charge in [0.1, 0.15) is 0 Å². The third-order valence-electron chi connectivity index (χ3n) is 3.12. The second kappa shape index (κ2) is 5.66. The molecule has 6 heteroatoms. The zero-order valence-electron chi connectivity index (χ0n) is 11.5. The van der Waals surface area contributed by atoms with Crippen molar-refractivity contribution in [3.63, 3.8) is 0 Å². The predicted molar refractivity (Wildman–Crippen MR) is 69.8 cm³/mol. The lowest BCUT2D eigenvalue weighted by Crippen LogP contribution is -2.25. The second-order valence-electron chi connectivity index (χ2n) is 4.59. The summed E-state index contributed by atoms with van der Waals surface area (Å²) in [6.07, 6.45) is 0. The number of hydrogen-bond donors (Lipinski definition) is 1. The minimum atomic E-state index is -1.45. The first kappa shape index (κ1) is 14.6. The fourth-order valence-electron chi connectivity index (χ4n) is 2.24. The van der Waals surface area contributed by atoms with Crippen LogP contribution in [-0.2, 0) is 7.05 Å². The Bertz CT molecular complexity index is 622. The van der Waals surface area contributed by atoms with Gasteiger partial charge in [-0.15, -0.1) is 0 Å². The van der Waals surface area contributed by atoms with Gasteiger partial charge in [0.2, 0.25) is 0 Å². The van der Waals surface area contributed by atoms with Crippen molar-refractivity contribution in [2.75, 3.05) is 6.54 Å². The molecule has 0 saturated heterocycles. The average molecular weight is 283 g/mol. The van der Waals surface area contributed by atoms with Crippen LogP contribution in [0.4, 0.5) is 13.2 Å². The van der Waals surface area contributed by atoms with E-state index in [4.69, 9.17) is 0 Å². The number of benzene rings is 1. The Morgan fingerprint density at radius 1 is 1.25 bits per heavy atom. The summed E-state index contributed by atoms with van der Waals surface area (Å²) in [6.45, 7) is 4.22. The van der Waals surface area contributed by atoms with Crippen molar-refractivity contribution in [1.29, 1.82) is 0 Å². The molecule has 0 radical (unpaired) electrons. The Morgan fingerprint density at radius 2 is 1.95 bits per heavy atom. The molecule has 0 fully saturated rings. The average Bonchev–Trinajstić information content (AvgIpc) is 2.73. The Labute approximate surface area is 115 Å². The van der Waals surface area contributed by atoms with Crippen molar-refractivity contribution >= 4 is 0 Å². The van der Waals surface area contributed by atoms with E-state index in [1.54, 1.807) is 17.8 Å². The van der Waals surface area contributed by atoms with Crippen LogP contribution in [-0.4, -0.2) is 16.3 Å². The molecule has 108 valence electrons. The Kier molecular flexibility index (Phi) is 4.13. The molecule has 1 unspecified atom stereocenters. The molecule has 1 aromatic carbocycles. The van der Waals surface area contributed by atoms with E-state index in [0.717, 1.165) is 11.8 Å². The van der Waals surface area contributed by atoms with Crippen LogP contribution in [0.1, 0.15) is 29.9 Å². The fourth-order valence-corrected chi connectivity index (χ4v) is 2.24. The van der Waals surface area contributed by atoms with Crippen LogP contribution in [0.15, 0.2) is 18.2 Å². The van der Waals surface area contributed by atoms with Crippen molar-refractivity contribution in [3.05, 3.63) is 52.6 Å². The molecule has 0 aliphatic rings. The van der Waals surface area contributed by atoms with E-state index in [1.807, 2.05) is 13.8 Å². The lowest BCUT2D eigenvalue weighted by molar-refractivity contribution is 0.430. The van der Waals surface area contributed by atoms with E-state index in [0.29, 0.717) is 12.2 Å². The highest BCUT2D eigenvalue weighted by atomic mass is 19.2. The molecule has 0 saturated carbocycles. The monoisotopic (exact) mass is 283 g/mol. The van der Waals surface area contributed by atoms with E-state index in [1.165, 1.54) is 6.07 Å². The van der Waals surface area contributed by atoms with E-state index in [-0.39, 0.29) is 5.56 Å². The summed E-state index contributed by atoms with van der Waals surface area (Å²) in [5.41, 5.74) is 1.52. The van der Waals surface area contributed by atoms with Gasteiger partial charge in [-0.2, -0.15) is 5.10 Å². The molecule has 2 rings (SSSR count). The number of rotatable bonds is 4. The summed E-state index contributed by atoms with van der Waals surface area (Å²) in [5, 5.41) is 7.26. The highest BCUT2D eigenvalue weighted by Crippen LogP contribution is 2.27. The largest absolute Gasteiger partial charge is 0.305 e. The van der Waals surface area contributed by atoms with Crippen LogP contribution in [0.5, 0.6) is 0 Å². The van der Waals surface area contributed by atoms with Gasteiger partial charge < -0.3 is 5.32 Å². The summed E-state index contributed by atoms with van der Waals surface area (Å²) in [5.74, 6) is -3.82. The minimum absolute atomic E-state index is 0.0637. The van der Waals surface area contributed by atoms with Crippen molar-refractivity contribution in [2.24, 2.45) is 7.05 Å². The molecule has 1 N–H and O–H groups in total. The highest BCUT2D eigenvalue weighted by molar-refractivity contribution is 5.31. The van der Waals surface area contributed by atoms with Gasteiger partial charge in [0, 0.05) is 12.6 Å². The number of nitrogens with one attached hydrogen (secondary N) is 1. The van der Waals surface area contributed by atoms with Gasteiger partial charge in [0.05, 0.1) is 17.4 Å². The maximum absolute atomic E-state index is 14.0. The van der Waals surface area contributed by atoms with Crippen molar-refractivity contribution < 1.29 is 13.2 Å². The molecule has 0 amide bonds. The van der Waals surface area contributed by atoms with Gasteiger partial charge in [-0.3, -0.25) is 4.68 Å². The number of halogens is 3. The fraction of sp³-hybridized carbons (Fsp3) is 0.357. The molecule has 3 nitrogen and oxygen atoms in total. The summed E-state index contributed by atoms with van der Waals surface area (Å²) in [4.78, 5) is 0. The molecule has 0 aliphatic carbocycles. The Morgan fingerprint density at radius 3 is 2.50 bits per heavy atom. The van der Waals surface area contributed by atoms with Crippen LogP contribution in [0, 0.1) is 24.4 Å². The summed E-state index contributed by atoms with van der Waals surface area (Å²) in [7, 11) is 1.73. The van der Waals surface area contributed by atoms with Crippen LogP contribution in [0.3, 0.4) is 0 Å². The summed E-state index contributed by atoms with van der Waals surface area (Å²) >= 11 is 0. The smallest absolute Gasteiger partial charge is 0.194 e. The van der Waals surface area contributed by atoms with Gasteiger partial charge in [-0.1, -0.05) is 13.0 Å². The molecule has 20 heavy (non-hydrogen) atoms. The first-order valence-corrected chi connectivity index (χ1v) is 6.33. The third-order valence-corrected chi connectivity index (χ3v) is 3.12. The molecular weight excluding hydrogens is 267 g/mol. The Balaban J connectivity index is 2.54.